The predicted octanol–water partition coefficient (Wildman–Crippen LogP) is -1.37. The summed E-state index contributed by atoms with van der Waals surface area (Å²) in [7, 11) is -4.83. The van der Waals surface area contributed by atoms with E-state index in [0.29, 0.717) is 10.6 Å². The molecule has 2 bridgehead atoms. The number of amides is 3. The van der Waals surface area contributed by atoms with Gasteiger partial charge in [0.25, 0.3) is 0 Å². The van der Waals surface area contributed by atoms with Gasteiger partial charge >= 0.3 is 46.0 Å². The van der Waals surface area contributed by atoms with Crippen molar-refractivity contribution >= 4 is 51.9 Å². The molecule has 0 radical (unpaired) electrons. The van der Waals surface area contributed by atoms with Crippen molar-refractivity contribution < 1.29 is 26.8 Å². The maximum atomic E-state index is 12.1. The molecule has 3 amide bonds. The van der Waals surface area contributed by atoms with Gasteiger partial charge in [0, 0.05) is 0 Å². The van der Waals surface area contributed by atoms with E-state index in [1.165, 1.54) is 6.08 Å². The fourth-order valence-corrected chi connectivity index (χ4v) is 2.82. The molecule has 2 rings (SSSR count). The molecule has 1 saturated heterocycles. The minimum atomic E-state index is -4.83. The van der Waals surface area contributed by atoms with Gasteiger partial charge in [-0.3, -0.25) is 9.35 Å². The van der Waals surface area contributed by atoms with Gasteiger partial charge in [-0.15, -0.1) is 4.28 Å². The summed E-state index contributed by atoms with van der Waals surface area (Å²) in [6, 6.07) is -2.46. The third-order valence-electron chi connectivity index (χ3n) is 3.29. The van der Waals surface area contributed by atoms with Crippen LogP contribution >= 0.6 is 0 Å². The third-order valence-corrected chi connectivity index (χ3v) is 3.64. The van der Waals surface area contributed by atoms with Crippen LogP contribution in [0.2, 0.25) is 0 Å². The number of rotatable bonds is 4. The maximum absolute atomic E-state index is 12.1. The number of hydrogen-bond acceptors (Lipinski definition) is 5. The molecule has 9 nitrogen and oxygen atoms in total. The van der Waals surface area contributed by atoms with E-state index in [4.69, 9.17) is 10.3 Å². The van der Waals surface area contributed by atoms with Crippen molar-refractivity contribution in [3.8, 4) is 0 Å². The summed E-state index contributed by atoms with van der Waals surface area (Å²) in [5.41, 5.74) is 5.90. The van der Waals surface area contributed by atoms with Gasteiger partial charge in [0.1, 0.15) is 12.1 Å². The quantitative estimate of drug-likeness (QED) is 0.372. The summed E-state index contributed by atoms with van der Waals surface area (Å²) in [5, 5.41) is 0.560. The number of hydroxylamine groups is 2. The van der Waals surface area contributed by atoms with Crippen LogP contribution in [0.25, 0.3) is 0 Å². The van der Waals surface area contributed by atoms with E-state index >= 15 is 0 Å². The summed E-state index contributed by atoms with van der Waals surface area (Å²) in [6.45, 7) is 3.73. The van der Waals surface area contributed by atoms with E-state index < -0.39 is 34.4 Å². The molecule has 0 aromatic rings. The van der Waals surface area contributed by atoms with Gasteiger partial charge in [-0.1, -0.05) is 19.9 Å². The fraction of sp³-hybridized carbons (Fsp3) is 0.600. The van der Waals surface area contributed by atoms with Crippen molar-refractivity contribution in [2.45, 2.75) is 25.9 Å². The van der Waals surface area contributed by atoms with Crippen molar-refractivity contribution in [3.05, 3.63) is 11.6 Å². The van der Waals surface area contributed by atoms with Gasteiger partial charge in [-0.05, 0) is 11.5 Å². The number of fused-ring (bicyclic) bond motifs is 2. The van der Waals surface area contributed by atoms with Crippen molar-refractivity contribution in [1.82, 2.24) is 9.96 Å². The first-order chi connectivity index (χ1) is 9.11. The van der Waals surface area contributed by atoms with Gasteiger partial charge in [0.2, 0.25) is 5.91 Å². The fourth-order valence-electron chi connectivity index (χ4n) is 2.45. The van der Waals surface area contributed by atoms with Crippen LogP contribution < -0.4 is 5.73 Å². The second-order valence-electron chi connectivity index (χ2n) is 4.95. The molecule has 21 heavy (non-hydrogen) atoms. The van der Waals surface area contributed by atoms with E-state index in [0.717, 1.165) is 4.90 Å². The number of primary amides is 1. The van der Waals surface area contributed by atoms with Crippen LogP contribution in [-0.4, -0.2) is 83.1 Å². The second kappa shape index (κ2) is 6.23. The zero-order valence-electron chi connectivity index (χ0n) is 10.9. The van der Waals surface area contributed by atoms with Gasteiger partial charge in [0.05, 0.1) is 6.54 Å². The summed E-state index contributed by atoms with van der Waals surface area (Å²) >= 11 is 0. The van der Waals surface area contributed by atoms with Crippen LogP contribution in [0.3, 0.4) is 0 Å². The van der Waals surface area contributed by atoms with Gasteiger partial charge in [-0.2, -0.15) is 13.5 Å². The Morgan fingerprint density at radius 1 is 1.52 bits per heavy atom. The molecule has 2 aliphatic heterocycles. The molecule has 0 saturated carbocycles. The topological polar surface area (TPSA) is 130 Å². The summed E-state index contributed by atoms with van der Waals surface area (Å²) in [4.78, 5) is 24.6. The first kappa shape index (κ1) is 18.4. The van der Waals surface area contributed by atoms with E-state index in [1.54, 1.807) is 0 Å². The van der Waals surface area contributed by atoms with Gasteiger partial charge < -0.3 is 10.6 Å². The standard InChI is InChI=1S/C10H15N3O6S.Na.H/c1-5(2)6-3-7(9(11)14)12-4-8(6)13(10(12)15)19-20(16,17)18;;/h3,5,7-8H,4H2,1-2H3,(H2,11,14)(H,16,17,18);;/t7-,8-;;/m0../s1. The molecule has 1 fully saturated rings. The molecular formula is C10H16N3NaO6S. The van der Waals surface area contributed by atoms with Crippen LogP contribution in [-0.2, 0) is 19.5 Å². The van der Waals surface area contributed by atoms with E-state index in [2.05, 4.69) is 4.28 Å². The summed E-state index contributed by atoms with van der Waals surface area (Å²) in [5.74, 6) is -0.772. The van der Waals surface area contributed by atoms with E-state index in [1.807, 2.05) is 13.8 Å². The Balaban J connectivity index is 0.00000220. The monoisotopic (exact) mass is 329 g/mol. The Hall–Kier alpha value is -0.650. The van der Waals surface area contributed by atoms with Gasteiger partial charge in [-0.25, -0.2) is 4.79 Å². The molecule has 3 N–H and O–H groups in total. The third kappa shape index (κ3) is 3.58. The molecule has 0 aliphatic carbocycles. The number of carbonyl (C=O) groups is 2. The molecule has 2 atom stereocenters. The summed E-state index contributed by atoms with van der Waals surface area (Å²) < 4.78 is 34.7. The SMILES string of the molecule is CC(C)C1=C[C@@H](C(N)=O)N2C[C@@H]1N(OS(=O)(=O)O)C2=O.[NaH]. The van der Waals surface area contributed by atoms with E-state index in [9.17, 15) is 18.0 Å². The zero-order chi connectivity index (χ0) is 15.2. The van der Waals surface area contributed by atoms with Crippen LogP contribution in [0.15, 0.2) is 11.6 Å². The molecular weight excluding hydrogens is 313 g/mol. The van der Waals surface area contributed by atoms with Crippen molar-refractivity contribution in [1.29, 1.82) is 0 Å². The second-order valence-corrected chi connectivity index (χ2v) is 5.95. The molecule has 114 valence electrons. The van der Waals surface area contributed by atoms with Crippen molar-refractivity contribution in [2.24, 2.45) is 11.7 Å². The Kier molecular flexibility index (Phi) is 5.45. The zero-order valence-corrected chi connectivity index (χ0v) is 11.7. The molecule has 0 aromatic heterocycles. The van der Waals surface area contributed by atoms with Crippen molar-refractivity contribution in [3.63, 3.8) is 0 Å². The molecule has 2 heterocycles. The number of urea groups is 1. The minimum absolute atomic E-state index is 0. The Labute approximate surface area is 144 Å². The molecule has 0 aromatic carbocycles. The Bertz CT molecular complexity index is 590. The number of hydrogen-bond donors (Lipinski definition) is 2. The molecule has 0 unspecified atom stereocenters. The van der Waals surface area contributed by atoms with Crippen LogP contribution in [0.5, 0.6) is 0 Å². The Morgan fingerprint density at radius 2 is 2.10 bits per heavy atom. The Morgan fingerprint density at radius 3 is 2.52 bits per heavy atom. The predicted molar refractivity (Wildman–Crippen MR) is 73.4 cm³/mol. The van der Waals surface area contributed by atoms with Crippen molar-refractivity contribution in [2.75, 3.05) is 6.54 Å². The summed E-state index contributed by atoms with van der Waals surface area (Å²) in [6.07, 6.45) is 1.53. The first-order valence-corrected chi connectivity index (χ1v) is 7.26. The normalized spacial score (nSPS) is 25.0. The molecule has 2 aliphatic rings. The van der Waals surface area contributed by atoms with Gasteiger partial charge in [0.15, 0.2) is 0 Å². The van der Waals surface area contributed by atoms with Crippen LogP contribution in [0.1, 0.15) is 13.8 Å². The average Bonchev–Trinajstić information content (AvgIpc) is 2.53. The van der Waals surface area contributed by atoms with Crippen LogP contribution in [0.4, 0.5) is 4.79 Å². The molecule has 0 spiro atoms. The van der Waals surface area contributed by atoms with E-state index in [-0.39, 0.29) is 42.0 Å². The molecule has 11 heteroatoms. The number of carbonyl (C=O) groups excluding carboxylic acids is 2. The van der Waals surface area contributed by atoms with Crippen LogP contribution in [0, 0.1) is 5.92 Å². The number of nitrogens with two attached hydrogens (primary N) is 1. The number of nitrogens with zero attached hydrogens (tertiary/aromatic N) is 2. The average molecular weight is 329 g/mol. The first-order valence-electron chi connectivity index (χ1n) is 5.89.